The molecule has 0 aliphatic carbocycles. The van der Waals surface area contributed by atoms with Gasteiger partial charge in [0.1, 0.15) is 5.75 Å². The molecule has 0 saturated carbocycles. The number of fused-ring (bicyclic) bond motifs is 1. The molecule has 1 amide bonds. The molecule has 1 heterocycles. The minimum Gasteiger partial charge on any atom is -0.493 e. The van der Waals surface area contributed by atoms with Gasteiger partial charge >= 0.3 is 0 Å². The first-order valence-corrected chi connectivity index (χ1v) is 8.89. The molecule has 0 saturated heterocycles. The highest BCUT2D eigenvalue weighted by atomic mass is 16.5. The van der Waals surface area contributed by atoms with Crippen molar-refractivity contribution in [3.63, 3.8) is 0 Å². The molecule has 1 atom stereocenters. The molecule has 1 aliphatic heterocycles. The predicted octanol–water partition coefficient (Wildman–Crippen LogP) is 4.48. The van der Waals surface area contributed by atoms with Gasteiger partial charge in [-0.15, -0.1) is 0 Å². The van der Waals surface area contributed by atoms with Gasteiger partial charge < -0.3 is 10.1 Å². The number of para-hydroxylation sites is 1. The van der Waals surface area contributed by atoms with E-state index in [-0.39, 0.29) is 11.9 Å². The minimum absolute atomic E-state index is 0.0956. The molecule has 0 bridgehead atoms. The molecular weight excluding hydrogens is 336 g/mol. The van der Waals surface area contributed by atoms with Crippen molar-refractivity contribution in [2.45, 2.75) is 12.5 Å². The SMILES string of the molecule is N#Cc1ccccc1-c1ccccc1C(=O)N[C@@H]1CCOc2ccccc21. The topological polar surface area (TPSA) is 62.1 Å². The highest BCUT2D eigenvalue weighted by Crippen LogP contribution is 2.32. The first kappa shape index (κ1) is 16.9. The summed E-state index contributed by atoms with van der Waals surface area (Å²) in [4.78, 5) is 13.1. The smallest absolute Gasteiger partial charge is 0.252 e. The summed E-state index contributed by atoms with van der Waals surface area (Å²) in [6.07, 6.45) is 0.722. The van der Waals surface area contributed by atoms with Crippen LogP contribution in [-0.4, -0.2) is 12.5 Å². The van der Waals surface area contributed by atoms with E-state index in [1.54, 1.807) is 12.1 Å². The maximum Gasteiger partial charge on any atom is 0.252 e. The fraction of sp³-hybridized carbons (Fsp3) is 0.130. The maximum absolute atomic E-state index is 13.1. The number of nitrogens with one attached hydrogen (secondary N) is 1. The van der Waals surface area contributed by atoms with Crippen molar-refractivity contribution < 1.29 is 9.53 Å². The van der Waals surface area contributed by atoms with Crippen molar-refractivity contribution in [3.05, 3.63) is 89.5 Å². The fourth-order valence-electron chi connectivity index (χ4n) is 3.46. The van der Waals surface area contributed by atoms with Crippen molar-refractivity contribution in [2.75, 3.05) is 6.61 Å². The molecule has 4 rings (SSSR count). The summed E-state index contributed by atoms with van der Waals surface area (Å²) in [5.41, 5.74) is 3.62. The molecule has 0 spiro atoms. The molecule has 4 heteroatoms. The first-order chi connectivity index (χ1) is 13.3. The third-order valence-corrected chi connectivity index (χ3v) is 4.77. The van der Waals surface area contributed by atoms with E-state index >= 15 is 0 Å². The zero-order valence-electron chi connectivity index (χ0n) is 14.7. The first-order valence-electron chi connectivity index (χ1n) is 8.89. The summed E-state index contributed by atoms with van der Waals surface area (Å²) in [6, 6.07) is 24.6. The summed E-state index contributed by atoms with van der Waals surface area (Å²) < 4.78 is 5.68. The molecule has 0 aromatic heterocycles. The van der Waals surface area contributed by atoms with Crippen molar-refractivity contribution >= 4 is 5.91 Å². The van der Waals surface area contributed by atoms with Crippen molar-refractivity contribution in [1.82, 2.24) is 5.32 Å². The second kappa shape index (κ2) is 7.35. The molecule has 0 unspecified atom stereocenters. The van der Waals surface area contributed by atoms with E-state index in [0.29, 0.717) is 17.7 Å². The van der Waals surface area contributed by atoms with Crippen molar-refractivity contribution in [2.24, 2.45) is 0 Å². The van der Waals surface area contributed by atoms with E-state index in [1.165, 1.54) is 0 Å². The lowest BCUT2D eigenvalue weighted by Gasteiger charge is -2.27. The van der Waals surface area contributed by atoms with Crippen LogP contribution in [0.5, 0.6) is 5.75 Å². The van der Waals surface area contributed by atoms with Crippen LogP contribution in [0, 0.1) is 11.3 Å². The van der Waals surface area contributed by atoms with Crippen LogP contribution in [-0.2, 0) is 0 Å². The lowest BCUT2D eigenvalue weighted by atomic mass is 9.94. The average Bonchev–Trinajstić information content (AvgIpc) is 2.74. The highest BCUT2D eigenvalue weighted by Gasteiger charge is 2.24. The van der Waals surface area contributed by atoms with Gasteiger partial charge in [0.25, 0.3) is 5.91 Å². The van der Waals surface area contributed by atoms with Gasteiger partial charge in [0.2, 0.25) is 0 Å². The zero-order chi connectivity index (χ0) is 18.6. The lowest BCUT2D eigenvalue weighted by Crippen LogP contribution is -2.32. The number of benzene rings is 3. The standard InChI is InChI=1S/C23H18N2O2/c24-15-16-7-1-2-8-17(16)18-9-3-4-10-19(18)23(26)25-21-13-14-27-22-12-6-5-11-20(21)22/h1-12,21H,13-14H2,(H,25,26)/t21-/m1/s1. The number of nitriles is 1. The van der Waals surface area contributed by atoms with Gasteiger partial charge in [0.05, 0.1) is 24.3 Å². The predicted molar refractivity (Wildman–Crippen MR) is 103 cm³/mol. The number of carbonyl (C=O) groups is 1. The van der Waals surface area contributed by atoms with Gasteiger partial charge in [-0.2, -0.15) is 5.26 Å². The zero-order valence-corrected chi connectivity index (χ0v) is 14.7. The summed E-state index contributed by atoms with van der Waals surface area (Å²) in [7, 11) is 0. The average molecular weight is 354 g/mol. The largest absolute Gasteiger partial charge is 0.493 e. The van der Waals surface area contributed by atoms with Gasteiger partial charge in [0, 0.05) is 23.1 Å². The molecule has 3 aromatic rings. The van der Waals surface area contributed by atoms with E-state index in [4.69, 9.17) is 4.74 Å². The molecule has 27 heavy (non-hydrogen) atoms. The lowest BCUT2D eigenvalue weighted by molar-refractivity contribution is 0.0925. The number of hydrogen-bond acceptors (Lipinski definition) is 3. The van der Waals surface area contributed by atoms with E-state index in [2.05, 4.69) is 11.4 Å². The maximum atomic E-state index is 13.1. The Morgan fingerprint density at radius 2 is 1.67 bits per heavy atom. The van der Waals surface area contributed by atoms with Crippen molar-refractivity contribution in [3.8, 4) is 22.9 Å². The monoisotopic (exact) mass is 354 g/mol. The molecular formula is C23H18N2O2. The van der Waals surface area contributed by atoms with Crippen LogP contribution in [0.4, 0.5) is 0 Å². The van der Waals surface area contributed by atoms with E-state index in [0.717, 1.165) is 28.9 Å². The van der Waals surface area contributed by atoms with Crippen LogP contribution in [0.2, 0.25) is 0 Å². The Morgan fingerprint density at radius 1 is 0.963 bits per heavy atom. The van der Waals surface area contributed by atoms with E-state index in [1.807, 2.05) is 60.7 Å². The Morgan fingerprint density at radius 3 is 2.52 bits per heavy atom. The van der Waals surface area contributed by atoms with Crippen LogP contribution >= 0.6 is 0 Å². The molecule has 132 valence electrons. The number of rotatable bonds is 3. The van der Waals surface area contributed by atoms with Crippen LogP contribution in [0.25, 0.3) is 11.1 Å². The number of nitrogens with zero attached hydrogens (tertiary/aromatic N) is 1. The Kier molecular flexibility index (Phi) is 4.59. The molecule has 3 aromatic carbocycles. The third kappa shape index (κ3) is 3.28. The normalized spacial score (nSPS) is 15.1. The van der Waals surface area contributed by atoms with Gasteiger partial charge in [-0.1, -0.05) is 54.6 Å². The number of hydrogen-bond donors (Lipinski definition) is 1. The second-order valence-electron chi connectivity index (χ2n) is 6.40. The van der Waals surface area contributed by atoms with Crippen LogP contribution in [0.3, 0.4) is 0 Å². The Bertz CT molecular complexity index is 1040. The van der Waals surface area contributed by atoms with Gasteiger partial charge in [-0.05, 0) is 23.8 Å². The van der Waals surface area contributed by atoms with E-state index < -0.39 is 0 Å². The summed E-state index contributed by atoms with van der Waals surface area (Å²) in [5, 5.41) is 12.6. The van der Waals surface area contributed by atoms with Crippen LogP contribution in [0.1, 0.15) is 33.9 Å². The number of carbonyl (C=O) groups excluding carboxylic acids is 1. The Hall–Kier alpha value is -3.58. The third-order valence-electron chi connectivity index (χ3n) is 4.77. The fourth-order valence-corrected chi connectivity index (χ4v) is 3.46. The van der Waals surface area contributed by atoms with Gasteiger partial charge in [-0.3, -0.25) is 4.79 Å². The summed E-state index contributed by atoms with van der Waals surface area (Å²) in [5.74, 6) is 0.664. The molecule has 1 aliphatic rings. The van der Waals surface area contributed by atoms with Crippen molar-refractivity contribution in [1.29, 1.82) is 5.26 Å². The van der Waals surface area contributed by atoms with Crippen LogP contribution in [0.15, 0.2) is 72.8 Å². The van der Waals surface area contributed by atoms with E-state index in [9.17, 15) is 10.1 Å². The molecule has 0 fully saturated rings. The molecule has 4 nitrogen and oxygen atoms in total. The number of ether oxygens (including phenoxy) is 1. The quantitative estimate of drug-likeness (QED) is 0.754. The van der Waals surface area contributed by atoms with Gasteiger partial charge in [-0.25, -0.2) is 0 Å². The summed E-state index contributed by atoms with van der Waals surface area (Å²) >= 11 is 0. The molecule has 1 N–H and O–H groups in total. The molecule has 0 radical (unpaired) electrons. The van der Waals surface area contributed by atoms with Crippen LogP contribution < -0.4 is 10.1 Å². The Balaban J connectivity index is 1.68. The Labute approximate surface area is 158 Å². The van der Waals surface area contributed by atoms with Gasteiger partial charge in [0.15, 0.2) is 0 Å². The highest BCUT2D eigenvalue weighted by molar-refractivity contribution is 6.01. The summed E-state index contributed by atoms with van der Waals surface area (Å²) in [6.45, 7) is 0.570. The number of amides is 1. The second-order valence-corrected chi connectivity index (χ2v) is 6.40. The minimum atomic E-state index is -0.153.